The first-order chi connectivity index (χ1) is 14.2. The maximum Gasteiger partial charge on any atom is 0.257 e. The van der Waals surface area contributed by atoms with Crippen LogP contribution in [-0.2, 0) is 4.74 Å². The second-order valence-corrected chi connectivity index (χ2v) is 7.11. The number of carbonyl (C=O) groups is 1. The van der Waals surface area contributed by atoms with Crippen molar-refractivity contribution in [1.29, 1.82) is 0 Å². The van der Waals surface area contributed by atoms with Crippen LogP contribution in [0.5, 0.6) is 17.2 Å². The number of carbonyl (C=O) groups excluding carboxylic acids is 1. The topological polar surface area (TPSA) is 69.3 Å². The van der Waals surface area contributed by atoms with Gasteiger partial charge in [-0.15, -0.1) is 0 Å². The average molecular weight is 398 g/mol. The zero-order valence-electron chi connectivity index (χ0n) is 16.9. The van der Waals surface area contributed by atoms with Crippen LogP contribution in [0.25, 0.3) is 0 Å². The molecule has 154 valence electrons. The molecule has 0 spiro atoms. The van der Waals surface area contributed by atoms with E-state index in [0.717, 1.165) is 30.7 Å². The normalized spacial score (nSPS) is 20.8. The molecule has 0 aromatic heterocycles. The summed E-state index contributed by atoms with van der Waals surface area (Å²) in [7, 11) is 4.74. The number of nitrogens with one attached hydrogen (secondary N) is 1. The molecule has 0 radical (unpaired) electrons. The second kappa shape index (κ2) is 8.21. The molecule has 2 atom stereocenters. The fourth-order valence-electron chi connectivity index (χ4n) is 4.07. The Balaban J connectivity index is 1.80. The van der Waals surface area contributed by atoms with Crippen molar-refractivity contribution < 1.29 is 23.7 Å². The number of amides is 1. The largest absolute Gasteiger partial charge is 0.493 e. The number of anilines is 1. The van der Waals surface area contributed by atoms with E-state index in [2.05, 4.69) is 5.32 Å². The number of methoxy groups -OCH3 is 3. The zero-order chi connectivity index (χ0) is 20.4. The molecule has 7 heteroatoms. The summed E-state index contributed by atoms with van der Waals surface area (Å²) in [4.78, 5) is 15.2. The van der Waals surface area contributed by atoms with E-state index < -0.39 is 6.17 Å². The third kappa shape index (κ3) is 3.46. The van der Waals surface area contributed by atoms with Gasteiger partial charge in [0.15, 0.2) is 11.5 Å². The number of hydrogen-bond donors (Lipinski definition) is 1. The van der Waals surface area contributed by atoms with Gasteiger partial charge in [-0.05, 0) is 37.1 Å². The summed E-state index contributed by atoms with van der Waals surface area (Å²) >= 11 is 0. The van der Waals surface area contributed by atoms with Crippen molar-refractivity contribution in [3.8, 4) is 17.2 Å². The highest BCUT2D eigenvalue weighted by Gasteiger charge is 2.37. The third-order valence-corrected chi connectivity index (χ3v) is 5.48. The predicted molar refractivity (Wildman–Crippen MR) is 109 cm³/mol. The molecule has 7 nitrogen and oxygen atoms in total. The van der Waals surface area contributed by atoms with Crippen molar-refractivity contribution in [3.63, 3.8) is 0 Å². The minimum atomic E-state index is -0.420. The first kappa shape index (κ1) is 19.4. The Morgan fingerprint density at radius 3 is 2.55 bits per heavy atom. The first-order valence-electron chi connectivity index (χ1n) is 9.75. The molecule has 1 amide bonds. The molecule has 0 bridgehead atoms. The van der Waals surface area contributed by atoms with Crippen LogP contribution >= 0.6 is 0 Å². The Bertz CT molecular complexity index is 895. The van der Waals surface area contributed by atoms with Gasteiger partial charge in [0.2, 0.25) is 5.75 Å². The Kier molecular flexibility index (Phi) is 5.49. The molecule has 1 saturated heterocycles. The van der Waals surface area contributed by atoms with Crippen molar-refractivity contribution in [3.05, 3.63) is 47.5 Å². The molecule has 2 heterocycles. The van der Waals surface area contributed by atoms with Crippen LogP contribution in [0, 0.1) is 0 Å². The molecular formula is C22H26N2O5. The summed E-state index contributed by atoms with van der Waals surface area (Å²) in [5.41, 5.74) is 2.25. The maximum absolute atomic E-state index is 13.4. The Hall–Kier alpha value is -2.93. The first-order valence-corrected chi connectivity index (χ1v) is 9.75. The lowest BCUT2D eigenvalue weighted by molar-refractivity contribution is 0.0424. The molecular weight excluding hydrogens is 372 g/mol. The highest BCUT2D eigenvalue weighted by molar-refractivity contribution is 6.01. The number of rotatable bonds is 6. The van der Waals surface area contributed by atoms with Crippen LogP contribution in [0.1, 0.15) is 34.9 Å². The molecule has 0 unspecified atom stereocenters. The molecule has 2 aliphatic heterocycles. The zero-order valence-corrected chi connectivity index (χ0v) is 16.9. The fraction of sp³-hybridized carbons (Fsp3) is 0.409. The summed E-state index contributed by atoms with van der Waals surface area (Å²) < 4.78 is 22.5. The highest BCUT2D eigenvalue weighted by Crippen LogP contribution is 2.45. The summed E-state index contributed by atoms with van der Waals surface area (Å²) in [6, 6.07) is 11.3. The lowest BCUT2D eigenvalue weighted by Crippen LogP contribution is -2.46. The van der Waals surface area contributed by atoms with Gasteiger partial charge in [-0.1, -0.05) is 12.1 Å². The molecule has 2 aromatic carbocycles. The van der Waals surface area contributed by atoms with E-state index in [0.29, 0.717) is 29.4 Å². The average Bonchev–Trinajstić information content (AvgIpc) is 3.27. The minimum absolute atomic E-state index is 0.0275. The number of benzene rings is 2. The van der Waals surface area contributed by atoms with Crippen LogP contribution in [0.3, 0.4) is 0 Å². The minimum Gasteiger partial charge on any atom is -0.493 e. The van der Waals surface area contributed by atoms with Crippen LogP contribution in [-0.4, -0.2) is 51.4 Å². The number of hydrogen-bond acceptors (Lipinski definition) is 6. The fourth-order valence-corrected chi connectivity index (χ4v) is 4.07. The maximum atomic E-state index is 13.4. The van der Waals surface area contributed by atoms with E-state index >= 15 is 0 Å². The van der Waals surface area contributed by atoms with E-state index in [1.165, 1.54) is 0 Å². The van der Waals surface area contributed by atoms with Crippen molar-refractivity contribution >= 4 is 11.6 Å². The highest BCUT2D eigenvalue weighted by atomic mass is 16.5. The Labute approximate surface area is 170 Å². The SMILES string of the molecule is COc1ccc([C@@H]2Nc3ccccc3C(=O)N2C[C@@H]2CCCO2)c(OC)c1OC. The van der Waals surface area contributed by atoms with Gasteiger partial charge in [-0.3, -0.25) is 4.79 Å². The number of nitrogens with zero attached hydrogens (tertiary/aromatic N) is 1. The van der Waals surface area contributed by atoms with Crippen LogP contribution in [0.4, 0.5) is 5.69 Å². The quantitative estimate of drug-likeness (QED) is 0.804. The molecule has 0 aliphatic carbocycles. The summed E-state index contributed by atoms with van der Waals surface area (Å²) in [5.74, 6) is 1.57. The van der Waals surface area contributed by atoms with Gasteiger partial charge in [-0.2, -0.15) is 0 Å². The van der Waals surface area contributed by atoms with E-state index in [1.807, 2.05) is 41.3 Å². The lowest BCUT2D eigenvalue weighted by atomic mass is 10.0. The lowest BCUT2D eigenvalue weighted by Gasteiger charge is -2.39. The van der Waals surface area contributed by atoms with Crippen LogP contribution < -0.4 is 19.5 Å². The Morgan fingerprint density at radius 2 is 1.86 bits per heavy atom. The second-order valence-electron chi connectivity index (χ2n) is 7.11. The van der Waals surface area contributed by atoms with Crippen molar-refractivity contribution in [2.75, 3.05) is 39.8 Å². The van der Waals surface area contributed by atoms with Gasteiger partial charge < -0.3 is 29.2 Å². The number of para-hydroxylation sites is 1. The standard InChI is InChI=1S/C22H26N2O5/c1-26-18-11-10-16(19(27-2)20(18)28-3)21-23-17-9-5-4-8-15(17)22(25)24(21)13-14-7-6-12-29-14/h4-5,8-11,14,21,23H,6-7,12-13H2,1-3H3/t14-,21+/m0/s1. The summed E-state index contributed by atoms with van der Waals surface area (Å²) in [6.07, 6.45) is 1.57. The van der Waals surface area contributed by atoms with Crippen molar-refractivity contribution in [2.24, 2.45) is 0 Å². The van der Waals surface area contributed by atoms with Gasteiger partial charge in [0, 0.05) is 24.4 Å². The molecule has 1 fully saturated rings. The van der Waals surface area contributed by atoms with Crippen LogP contribution in [0.2, 0.25) is 0 Å². The van der Waals surface area contributed by atoms with Crippen LogP contribution in [0.15, 0.2) is 36.4 Å². The van der Waals surface area contributed by atoms with Gasteiger partial charge in [-0.25, -0.2) is 0 Å². The van der Waals surface area contributed by atoms with Gasteiger partial charge in [0.25, 0.3) is 5.91 Å². The molecule has 0 saturated carbocycles. The monoisotopic (exact) mass is 398 g/mol. The van der Waals surface area contributed by atoms with Crippen molar-refractivity contribution in [1.82, 2.24) is 4.90 Å². The summed E-state index contributed by atoms with van der Waals surface area (Å²) in [6.45, 7) is 1.24. The van der Waals surface area contributed by atoms with E-state index in [9.17, 15) is 4.79 Å². The van der Waals surface area contributed by atoms with Gasteiger partial charge >= 0.3 is 0 Å². The van der Waals surface area contributed by atoms with Gasteiger partial charge in [0.05, 0.1) is 33.0 Å². The number of ether oxygens (including phenoxy) is 4. The van der Waals surface area contributed by atoms with E-state index in [1.54, 1.807) is 21.3 Å². The predicted octanol–water partition coefficient (Wildman–Crippen LogP) is 3.46. The molecule has 29 heavy (non-hydrogen) atoms. The molecule has 4 rings (SSSR count). The number of fused-ring (bicyclic) bond motifs is 1. The smallest absolute Gasteiger partial charge is 0.257 e. The third-order valence-electron chi connectivity index (χ3n) is 5.48. The summed E-state index contributed by atoms with van der Waals surface area (Å²) in [5, 5.41) is 3.50. The van der Waals surface area contributed by atoms with E-state index in [-0.39, 0.29) is 12.0 Å². The Morgan fingerprint density at radius 1 is 1.07 bits per heavy atom. The van der Waals surface area contributed by atoms with Gasteiger partial charge in [0.1, 0.15) is 6.17 Å². The molecule has 2 aliphatic rings. The molecule has 2 aromatic rings. The van der Waals surface area contributed by atoms with E-state index in [4.69, 9.17) is 18.9 Å². The molecule has 1 N–H and O–H groups in total. The van der Waals surface area contributed by atoms with Crippen molar-refractivity contribution in [2.45, 2.75) is 25.1 Å².